The van der Waals surface area contributed by atoms with Crippen molar-refractivity contribution in [2.75, 3.05) is 0 Å². The third kappa shape index (κ3) is 3.80. The zero-order valence-corrected chi connectivity index (χ0v) is 16.9. The fourth-order valence-corrected chi connectivity index (χ4v) is 3.64. The third-order valence-corrected chi connectivity index (χ3v) is 5.30. The normalized spacial score (nSPS) is 21.1. The first-order valence-corrected chi connectivity index (χ1v) is 9.32. The Kier molecular flexibility index (Phi) is 4.84. The lowest BCUT2D eigenvalue weighted by molar-refractivity contribution is -0.0943. The zero-order valence-electron chi connectivity index (χ0n) is 16.9. The number of halogens is 3. The summed E-state index contributed by atoms with van der Waals surface area (Å²) in [4.78, 5) is 16.6. The minimum Gasteiger partial charge on any atom is -0.295 e. The summed E-state index contributed by atoms with van der Waals surface area (Å²) in [5.74, 6) is 0. The molecule has 1 aromatic carbocycles. The van der Waals surface area contributed by atoms with Crippen molar-refractivity contribution in [2.24, 2.45) is 17.5 Å². The van der Waals surface area contributed by atoms with Crippen molar-refractivity contribution in [3.05, 3.63) is 46.0 Å². The highest BCUT2D eigenvalue weighted by molar-refractivity contribution is 5.81. The number of aryl methyl sites for hydroxylation is 1. The van der Waals surface area contributed by atoms with Crippen LogP contribution in [-0.2, 0) is 19.0 Å². The fraction of sp³-hybridized carbons (Fsp3) is 0.524. The molecule has 0 bridgehead atoms. The number of rotatable bonds is 2. The molecule has 1 aliphatic rings. The quantitative estimate of drug-likeness (QED) is 0.711. The van der Waals surface area contributed by atoms with Crippen molar-refractivity contribution >= 4 is 17.2 Å². The van der Waals surface area contributed by atoms with Crippen molar-refractivity contribution in [1.29, 1.82) is 0 Å². The number of hydrogen-bond donors (Lipinski definition) is 0. The van der Waals surface area contributed by atoms with Crippen LogP contribution in [-0.4, -0.2) is 21.5 Å². The van der Waals surface area contributed by atoms with E-state index in [4.69, 9.17) is 0 Å². The maximum atomic E-state index is 13.0. The summed E-state index contributed by atoms with van der Waals surface area (Å²) >= 11 is 0. The number of fused-ring (bicyclic) bond motifs is 1. The Morgan fingerprint density at radius 3 is 2.46 bits per heavy atom. The van der Waals surface area contributed by atoms with E-state index in [-0.39, 0.29) is 17.5 Å². The first-order valence-electron chi connectivity index (χ1n) is 9.32. The van der Waals surface area contributed by atoms with Gasteiger partial charge >= 0.3 is 11.9 Å². The van der Waals surface area contributed by atoms with E-state index in [2.05, 4.69) is 25.8 Å². The molecule has 0 radical (unpaired) electrons. The molecule has 1 aromatic heterocycles. The van der Waals surface area contributed by atoms with E-state index in [1.54, 1.807) is 22.4 Å². The maximum Gasteiger partial charge on any atom is 0.414 e. The number of alkyl halides is 3. The minimum atomic E-state index is -4.36. The van der Waals surface area contributed by atoms with E-state index in [1.165, 1.54) is 0 Å². The number of imidazole rings is 1. The van der Waals surface area contributed by atoms with Crippen LogP contribution in [0.1, 0.15) is 46.1 Å². The number of benzene rings is 1. The third-order valence-electron chi connectivity index (χ3n) is 5.30. The maximum absolute atomic E-state index is 13.0. The number of nitrogens with zero attached hydrogens (tertiary/aromatic N) is 3. The highest BCUT2D eigenvalue weighted by Gasteiger charge is 2.37. The summed E-state index contributed by atoms with van der Waals surface area (Å²) in [6, 6.07) is 5.69. The average molecular weight is 393 g/mol. The van der Waals surface area contributed by atoms with Gasteiger partial charge in [0.2, 0.25) is 0 Å². The number of aromatic nitrogens is 2. The first-order chi connectivity index (χ1) is 12.8. The van der Waals surface area contributed by atoms with Gasteiger partial charge in [-0.3, -0.25) is 14.1 Å². The van der Waals surface area contributed by atoms with Crippen LogP contribution >= 0.6 is 0 Å². The lowest BCUT2D eigenvalue weighted by atomic mass is 9.79. The zero-order chi connectivity index (χ0) is 20.9. The predicted octanol–water partition coefficient (Wildman–Crippen LogP) is 4.95. The molecule has 1 atom stereocenters. The minimum absolute atomic E-state index is 0.0592. The van der Waals surface area contributed by atoms with Crippen molar-refractivity contribution in [1.82, 2.24) is 9.13 Å². The molecule has 2 heterocycles. The molecule has 2 aromatic rings. The van der Waals surface area contributed by atoms with Gasteiger partial charge in [-0.2, -0.15) is 13.2 Å². The van der Waals surface area contributed by atoms with E-state index >= 15 is 0 Å². The number of aliphatic imine (C=N–C) groups is 1. The van der Waals surface area contributed by atoms with Gasteiger partial charge in [-0.1, -0.05) is 33.8 Å². The van der Waals surface area contributed by atoms with Crippen molar-refractivity contribution < 1.29 is 13.2 Å². The summed E-state index contributed by atoms with van der Waals surface area (Å²) in [6.07, 6.45) is -1.66. The van der Waals surface area contributed by atoms with Gasteiger partial charge in [0, 0.05) is 31.4 Å². The molecule has 4 nitrogen and oxygen atoms in total. The van der Waals surface area contributed by atoms with Gasteiger partial charge in [-0.25, -0.2) is 4.79 Å². The van der Waals surface area contributed by atoms with Crippen LogP contribution in [0.2, 0.25) is 0 Å². The Morgan fingerprint density at radius 1 is 1.18 bits per heavy atom. The summed E-state index contributed by atoms with van der Waals surface area (Å²) in [6.45, 7) is 8.68. The van der Waals surface area contributed by atoms with E-state index in [9.17, 15) is 18.0 Å². The van der Waals surface area contributed by atoms with E-state index in [0.717, 1.165) is 22.8 Å². The first kappa shape index (κ1) is 20.4. The van der Waals surface area contributed by atoms with Crippen molar-refractivity contribution in [3.8, 4) is 0 Å². The van der Waals surface area contributed by atoms with Crippen LogP contribution in [0.3, 0.4) is 0 Å². The molecule has 3 rings (SSSR count). The smallest absolute Gasteiger partial charge is 0.295 e. The van der Waals surface area contributed by atoms with Crippen LogP contribution in [0, 0.1) is 5.41 Å². The molecule has 1 aliphatic heterocycles. The monoisotopic (exact) mass is 393 g/mol. The molecule has 0 saturated heterocycles. The highest BCUT2D eigenvalue weighted by Crippen LogP contribution is 2.37. The second-order valence-corrected chi connectivity index (χ2v) is 9.04. The van der Waals surface area contributed by atoms with E-state index < -0.39 is 17.2 Å². The largest absolute Gasteiger partial charge is 0.414 e. The van der Waals surface area contributed by atoms with Gasteiger partial charge in [-0.15, -0.1) is 0 Å². The standard InChI is InChI=1S/C21H26F3N3O/c1-19(2,3)13-27-16-7-6-14(10-17(16)26(5)18(27)28)20(4)9-8-15(11-25-12-20)21(22,23)24/h6-7,10-12H,8-9,13H2,1-5H3. The van der Waals surface area contributed by atoms with Gasteiger partial charge in [0.25, 0.3) is 0 Å². The fourth-order valence-electron chi connectivity index (χ4n) is 3.64. The molecule has 0 aliphatic carbocycles. The second kappa shape index (κ2) is 6.64. The molecular weight excluding hydrogens is 367 g/mol. The van der Waals surface area contributed by atoms with E-state index in [1.807, 2.05) is 25.1 Å². The molecule has 0 spiro atoms. The van der Waals surface area contributed by atoms with E-state index in [0.29, 0.717) is 13.0 Å². The number of hydrogen-bond acceptors (Lipinski definition) is 2. The average Bonchev–Trinajstić information content (AvgIpc) is 2.74. The molecule has 0 amide bonds. The topological polar surface area (TPSA) is 39.3 Å². The molecule has 1 unspecified atom stereocenters. The molecule has 7 heteroatoms. The van der Waals surface area contributed by atoms with Gasteiger partial charge in [0.05, 0.1) is 16.6 Å². The SMILES string of the molecule is Cn1c(=O)n(CC(C)(C)C)c2ccc(C3(C)C=NC=C(C(F)(F)F)CC3)cc21. The molecule has 0 fully saturated rings. The molecular formula is C21H26F3N3O. The van der Waals surface area contributed by atoms with Crippen LogP contribution in [0.4, 0.5) is 13.2 Å². The van der Waals surface area contributed by atoms with Crippen LogP contribution < -0.4 is 5.69 Å². The van der Waals surface area contributed by atoms with Gasteiger partial charge in [-0.05, 0) is 36.0 Å². The Morgan fingerprint density at radius 2 is 1.86 bits per heavy atom. The van der Waals surface area contributed by atoms with Crippen LogP contribution in [0.25, 0.3) is 11.0 Å². The summed E-state index contributed by atoms with van der Waals surface area (Å²) in [7, 11) is 1.72. The Balaban J connectivity index is 2.02. The Hall–Kier alpha value is -2.31. The number of allylic oxidation sites excluding steroid dienone is 1. The van der Waals surface area contributed by atoms with Crippen molar-refractivity contribution in [2.45, 2.75) is 58.7 Å². The highest BCUT2D eigenvalue weighted by atomic mass is 19.4. The molecule has 152 valence electrons. The molecule has 28 heavy (non-hydrogen) atoms. The molecule has 0 saturated carbocycles. The van der Waals surface area contributed by atoms with Gasteiger partial charge < -0.3 is 0 Å². The van der Waals surface area contributed by atoms with Crippen LogP contribution in [0.5, 0.6) is 0 Å². The summed E-state index contributed by atoms with van der Waals surface area (Å²) in [5, 5.41) is 0. The van der Waals surface area contributed by atoms with Gasteiger partial charge in [0.1, 0.15) is 0 Å². The lowest BCUT2D eigenvalue weighted by Crippen LogP contribution is -2.27. The van der Waals surface area contributed by atoms with Crippen molar-refractivity contribution in [3.63, 3.8) is 0 Å². The van der Waals surface area contributed by atoms with Crippen LogP contribution in [0.15, 0.2) is 39.8 Å². The predicted molar refractivity (Wildman–Crippen MR) is 106 cm³/mol. The Bertz CT molecular complexity index is 1020. The summed E-state index contributed by atoms with van der Waals surface area (Å²) in [5.41, 5.74) is 1.05. The second-order valence-electron chi connectivity index (χ2n) is 9.04. The lowest BCUT2D eigenvalue weighted by Gasteiger charge is -2.25. The van der Waals surface area contributed by atoms with Gasteiger partial charge in [0.15, 0.2) is 0 Å². The molecule has 0 N–H and O–H groups in total. The Labute approximate surface area is 162 Å². The summed E-state index contributed by atoms with van der Waals surface area (Å²) < 4.78 is 42.5.